The number of nitrogens with one attached hydrogen (secondary N) is 2. The molecule has 0 unspecified atom stereocenters. The van der Waals surface area contributed by atoms with Crippen LogP contribution in [-0.2, 0) is 21.3 Å². The predicted molar refractivity (Wildman–Crippen MR) is 126 cm³/mol. The van der Waals surface area contributed by atoms with Gasteiger partial charge in [0.1, 0.15) is 0 Å². The molecular formula is C24H31N3O5S. The van der Waals surface area contributed by atoms with Gasteiger partial charge in [-0.2, -0.15) is 0 Å². The van der Waals surface area contributed by atoms with Crippen LogP contribution in [0.3, 0.4) is 0 Å². The maximum Gasteiger partial charge on any atom is 0.251 e. The SMILES string of the molecule is CC(=O)c1ccc(S(=O)(=O)NCc2ccc(C(=O)NCC(C)(C)N3CCOCC3)cc2)cc1. The van der Waals surface area contributed by atoms with E-state index in [9.17, 15) is 18.0 Å². The number of rotatable bonds is 9. The summed E-state index contributed by atoms with van der Waals surface area (Å²) in [5.41, 5.74) is 1.51. The predicted octanol–water partition coefficient (Wildman–Crippen LogP) is 2.21. The number of amides is 1. The second kappa shape index (κ2) is 10.6. The van der Waals surface area contributed by atoms with Gasteiger partial charge in [0, 0.05) is 42.8 Å². The molecule has 178 valence electrons. The molecule has 0 bridgehead atoms. The van der Waals surface area contributed by atoms with E-state index in [1.54, 1.807) is 24.3 Å². The van der Waals surface area contributed by atoms with E-state index < -0.39 is 10.0 Å². The first-order valence-electron chi connectivity index (χ1n) is 10.9. The minimum Gasteiger partial charge on any atom is -0.379 e. The molecule has 2 aromatic carbocycles. The van der Waals surface area contributed by atoms with Gasteiger partial charge in [0.2, 0.25) is 10.0 Å². The van der Waals surface area contributed by atoms with Crippen molar-refractivity contribution in [1.29, 1.82) is 0 Å². The summed E-state index contributed by atoms with van der Waals surface area (Å²) in [4.78, 5) is 26.3. The largest absolute Gasteiger partial charge is 0.379 e. The average molecular weight is 474 g/mol. The molecule has 2 aromatic rings. The Labute approximate surface area is 195 Å². The lowest BCUT2D eigenvalue weighted by atomic mass is 10.0. The summed E-state index contributed by atoms with van der Waals surface area (Å²) in [6.45, 7) is 9.31. The van der Waals surface area contributed by atoms with Gasteiger partial charge in [-0.3, -0.25) is 14.5 Å². The van der Waals surface area contributed by atoms with Crippen molar-refractivity contribution in [2.24, 2.45) is 0 Å². The molecule has 9 heteroatoms. The molecule has 0 aromatic heterocycles. The van der Waals surface area contributed by atoms with Gasteiger partial charge in [0.15, 0.2) is 5.78 Å². The number of hydrogen-bond acceptors (Lipinski definition) is 6. The van der Waals surface area contributed by atoms with Crippen LogP contribution in [0, 0.1) is 0 Å². The fraction of sp³-hybridized carbons (Fsp3) is 0.417. The number of carbonyl (C=O) groups excluding carboxylic acids is 2. The second-order valence-electron chi connectivity index (χ2n) is 8.70. The van der Waals surface area contributed by atoms with Crippen LogP contribution < -0.4 is 10.0 Å². The number of sulfonamides is 1. The lowest BCUT2D eigenvalue weighted by Gasteiger charge is -2.40. The normalized spacial score (nSPS) is 15.2. The van der Waals surface area contributed by atoms with E-state index in [1.807, 2.05) is 0 Å². The summed E-state index contributed by atoms with van der Waals surface area (Å²) in [5, 5.41) is 2.99. The van der Waals surface area contributed by atoms with E-state index in [-0.39, 0.29) is 28.7 Å². The molecule has 1 fully saturated rings. The summed E-state index contributed by atoms with van der Waals surface area (Å²) >= 11 is 0. The van der Waals surface area contributed by atoms with E-state index in [1.165, 1.54) is 31.2 Å². The minimum atomic E-state index is -3.72. The van der Waals surface area contributed by atoms with E-state index >= 15 is 0 Å². The zero-order chi connectivity index (χ0) is 24.1. The standard InChI is InChI=1S/C24H31N3O5S/c1-18(28)20-8-10-22(11-9-20)33(30,31)26-16-19-4-6-21(7-5-19)23(29)25-17-24(2,3)27-12-14-32-15-13-27/h4-11,26H,12-17H2,1-3H3,(H,25,29). The van der Waals surface area contributed by atoms with Gasteiger partial charge in [-0.25, -0.2) is 13.1 Å². The van der Waals surface area contributed by atoms with Gasteiger partial charge in [-0.05, 0) is 50.6 Å². The Bertz CT molecular complexity index is 1070. The third-order valence-electron chi connectivity index (χ3n) is 5.80. The minimum absolute atomic E-state index is 0.0861. The highest BCUT2D eigenvalue weighted by molar-refractivity contribution is 7.89. The number of benzene rings is 2. The summed E-state index contributed by atoms with van der Waals surface area (Å²) in [6.07, 6.45) is 0. The zero-order valence-electron chi connectivity index (χ0n) is 19.3. The Hall–Kier alpha value is -2.59. The van der Waals surface area contributed by atoms with Crippen LogP contribution in [0.1, 0.15) is 47.1 Å². The van der Waals surface area contributed by atoms with Gasteiger partial charge in [0.25, 0.3) is 5.91 Å². The second-order valence-corrected chi connectivity index (χ2v) is 10.5. The van der Waals surface area contributed by atoms with Crippen molar-refractivity contribution in [3.63, 3.8) is 0 Å². The van der Waals surface area contributed by atoms with Crippen LogP contribution in [0.15, 0.2) is 53.4 Å². The van der Waals surface area contributed by atoms with Gasteiger partial charge in [0.05, 0.1) is 18.1 Å². The number of morpholine rings is 1. The summed E-state index contributed by atoms with van der Waals surface area (Å²) in [7, 11) is -3.72. The van der Waals surface area contributed by atoms with Crippen LogP contribution in [-0.4, -0.2) is 63.4 Å². The Balaban J connectivity index is 1.54. The highest BCUT2D eigenvalue weighted by atomic mass is 32.2. The van der Waals surface area contributed by atoms with E-state index in [0.29, 0.717) is 30.9 Å². The first-order chi connectivity index (χ1) is 15.6. The maximum absolute atomic E-state index is 12.6. The van der Waals surface area contributed by atoms with Gasteiger partial charge < -0.3 is 10.1 Å². The molecule has 0 saturated carbocycles. The Morgan fingerprint density at radius 1 is 0.970 bits per heavy atom. The van der Waals surface area contributed by atoms with Gasteiger partial charge in [-0.1, -0.05) is 24.3 Å². The molecule has 0 atom stereocenters. The van der Waals surface area contributed by atoms with Crippen LogP contribution >= 0.6 is 0 Å². The van der Waals surface area contributed by atoms with Crippen LogP contribution in [0.2, 0.25) is 0 Å². The maximum atomic E-state index is 12.6. The first kappa shape index (κ1) is 25.0. The van der Waals surface area contributed by atoms with Crippen LogP contribution in [0.5, 0.6) is 0 Å². The third kappa shape index (κ3) is 6.70. The van der Waals surface area contributed by atoms with Crippen LogP contribution in [0.25, 0.3) is 0 Å². The van der Waals surface area contributed by atoms with Crippen molar-refractivity contribution in [2.45, 2.75) is 37.8 Å². The fourth-order valence-corrected chi connectivity index (χ4v) is 4.60. The number of Topliss-reactive ketones (excluding diaryl/α,β-unsaturated/α-hetero) is 1. The summed E-state index contributed by atoms with van der Waals surface area (Å²) < 4.78 is 32.9. The molecule has 0 radical (unpaired) electrons. The highest BCUT2D eigenvalue weighted by Gasteiger charge is 2.28. The average Bonchev–Trinajstić information content (AvgIpc) is 2.82. The van der Waals surface area contributed by atoms with Crippen molar-refractivity contribution in [3.8, 4) is 0 Å². The number of nitrogens with zero attached hydrogens (tertiary/aromatic N) is 1. The van der Waals surface area contributed by atoms with Crippen molar-refractivity contribution in [1.82, 2.24) is 14.9 Å². The van der Waals surface area contributed by atoms with Crippen molar-refractivity contribution < 1.29 is 22.7 Å². The molecule has 1 heterocycles. The molecule has 3 rings (SSSR count). The molecule has 2 N–H and O–H groups in total. The zero-order valence-corrected chi connectivity index (χ0v) is 20.1. The molecule has 0 aliphatic carbocycles. The Kier molecular flexibility index (Phi) is 8.01. The molecule has 8 nitrogen and oxygen atoms in total. The quantitative estimate of drug-likeness (QED) is 0.541. The molecule has 1 aliphatic heterocycles. The third-order valence-corrected chi connectivity index (χ3v) is 7.22. The molecule has 33 heavy (non-hydrogen) atoms. The summed E-state index contributed by atoms with van der Waals surface area (Å²) in [6, 6.07) is 12.6. The smallest absolute Gasteiger partial charge is 0.251 e. The molecule has 1 saturated heterocycles. The Morgan fingerprint density at radius 3 is 2.12 bits per heavy atom. The lowest BCUT2D eigenvalue weighted by Crippen LogP contribution is -2.55. The molecule has 1 aliphatic rings. The van der Waals surface area contributed by atoms with Crippen molar-refractivity contribution >= 4 is 21.7 Å². The monoisotopic (exact) mass is 473 g/mol. The Morgan fingerprint density at radius 2 is 1.55 bits per heavy atom. The number of hydrogen-bond donors (Lipinski definition) is 2. The lowest BCUT2D eigenvalue weighted by molar-refractivity contribution is -0.00923. The summed E-state index contributed by atoms with van der Waals surface area (Å²) in [5.74, 6) is -0.297. The van der Waals surface area contributed by atoms with Crippen LogP contribution in [0.4, 0.5) is 0 Å². The molecular weight excluding hydrogens is 442 g/mol. The van der Waals surface area contributed by atoms with E-state index in [4.69, 9.17) is 4.74 Å². The number of ketones is 1. The number of carbonyl (C=O) groups is 2. The highest BCUT2D eigenvalue weighted by Crippen LogP contribution is 2.16. The van der Waals surface area contributed by atoms with Gasteiger partial charge in [-0.15, -0.1) is 0 Å². The fourth-order valence-electron chi connectivity index (χ4n) is 3.58. The molecule has 0 spiro atoms. The topological polar surface area (TPSA) is 105 Å². The van der Waals surface area contributed by atoms with Crippen molar-refractivity contribution in [2.75, 3.05) is 32.8 Å². The first-order valence-corrected chi connectivity index (χ1v) is 12.4. The van der Waals surface area contributed by atoms with E-state index in [2.05, 4.69) is 28.8 Å². The van der Waals surface area contributed by atoms with E-state index in [0.717, 1.165) is 18.7 Å². The van der Waals surface area contributed by atoms with Gasteiger partial charge >= 0.3 is 0 Å². The van der Waals surface area contributed by atoms with Crippen molar-refractivity contribution in [3.05, 3.63) is 65.2 Å². The molecule has 1 amide bonds. The number of ether oxygens (including phenoxy) is 1.